The Bertz CT molecular complexity index is 715. The molecule has 0 radical (unpaired) electrons. The van der Waals surface area contributed by atoms with Gasteiger partial charge in [0.15, 0.2) is 11.6 Å². The van der Waals surface area contributed by atoms with Crippen LogP contribution in [0.2, 0.25) is 0 Å². The molecule has 0 spiro atoms. The van der Waals surface area contributed by atoms with Crippen molar-refractivity contribution in [1.82, 2.24) is 5.32 Å². The molecule has 21 heavy (non-hydrogen) atoms. The molecule has 0 atom stereocenters. The summed E-state index contributed by atoms with van der Waals surface area (Å²) >= 11 is 0. The summed E-state index contributed by atoms with van der Waals surface area (Å²) in [7, 11) is 0. The van der Waals surface area contributed by atoms with Crippen LogP contribution in [0.15, 0.2) is 57.8 Å². The fourth-order valence-electron chi connectivity index (χ4n) is 2.02. The molecule has 0 aliphatic carbocycles. The average molecular weight is 282 g/mol. The van der Waals surface area contributed by atoms with Crippen LogP contribution in [0.5, 0.6) is 5.75 Å². The lowest BCUT2D eigenvalue weighted by molar-refractivity contribution is -0.115. The third-order valence-corrected chi connectivity index (χ3v) is 2.92. The number of nitrogens with one attached hydrogen (secondary N) is 1. The van der Waals surface area contributed by atoms with E-state index in [4.69, 9.17) is 9.15 Å². The maximum atomic E-state index is 11.9. The summed E-state index contributed by atoms with van der Waals surface area (Å²) in [6.45, 7) is 2.52. The summed E-state index contributed by atoms with van der Waals surface area (Å²) in [6.07, 6.45) is 3.26. The van der Waals surface area contributed by atoms with E-state index >= 15 is 0 Å². The maximum absolute atomic E-state index is 11.9. The molecule has 106 valence electrons. The highest BCUT2D eigenvalue weighted by Gasteiger charge is 2.22. The molecule has 1 amide bonds. The zero-order valence-electron chi connectivity index (χ0n) is 11.5. The fraction of sp³-hybridized carbons (Fsp3) is 0.125. The van der Waals surface area contributed by atoms with Crippen molar-refractivity contribution >= 4 is 17.8 Å². The Kier molecular flexibility index (Phi) is 3.55. The average Bonchev–Trinajstić information content (AvgIpc) is 3.10. The number of amidine groups is 1. The number of furan rings is 1. The number of hydrogen-bond donors (Lipinski definition) is 1. The second-order valence-corrected chi connectivity index (χ2v) is 4.43. The van der Waals surface area contributed by atoms with Crippen molar-refractivity contribution in [1.29, 1.82) is 0 Å². The van der Waals surface area contributed by atoms with Crippen LogP contribution in [-0.2, 0) is 4.79 Å². The van der Waals surface area contributed by atoms with Gasteiger partial charge in [-0.05, 0) is 42.8 Å². The molecular formula is C16H14N2O3. The smallest absolute Gasteiger partial charge is 0.275 e. The lowest BCUT2D eigenvalue weighted by atomic mass is 10.2. The lowest BCUT2D eigenvalue weighted by Gasteiger charge is -2.03. The van der Waals surface area contributed by atoms with E-state index < -0.39 is 0 Å². The Balaban J connectivity index is 1.89. The van der Waals surface area contributed by atoms with Crippen LogP contribution in [0.4, 0.5) is 0 Å². The van der Waals surface area contributed by atoms with Crippen molar-refractivity contribution in [2.45, 2.75) is 6.92 Å². The number of ether oxygens (including phenoxy) is 1. The van der Waals surface area contributed by atoms with E-state index in [0.717, 1.165) is 11.3 Å². The van der Waals surface area contributed by atoms with Crippen molar-refractivity contribution in [2.75, 3.05) is 6.61 Å². The maximum Gasteiger partial charge on any atom is 0.275 e. The Hall–Kier alpha value is -2.82. The molecule has 1 N–H and O–H groups in total. The minimum Gasteiger partial charge on any atom is -0.494 e. The Morgan fingerprint density at radius 1 is 1.33 bits per heavy atom. The first-order valence-corrected chi connectivity index (χ1v) is 6.65. The quantitative estimate of drug-likeness (QED) is 0.877. The van der Waals surface area contributed by atoms with Gasteiger partial charge < -0.3 is 14.5 Å². The summed E-state index contributed by atoms with van der Waals surface area (Å²) in [4.78, 5) is 16.2. The van der Waals surface area contributed by atoms with E-state index in [1.165, 1.54) is 6.26 Å². The highest BCUT2D eigenvalue weighted by molar-refractivity contribution is 6.18. The Morgan fingerprint density at radius 3 is 3.00 bits per heavy atom. The van der Waals surface area contributed by atoms with Gasteiger partial charge in [0.05, 0.1) is 12.9 Å². The Morgan fingerprint density at radius 2 is 2.24 bits per heavy atom. The molecule has 2 heterocycles. The molecule has 0 bridgehead atoms. The van der Waals surface area contributed by atoms with E-state index in [2.05, 4.69) is 10.3 Å². The molecule has 5 nitrogen and oxygen atoms in total. The summed E-state index contributed by atoms with van der Waals surface area (Å²) in [5.74, 6) is 1.48. The van der Waals surface area contributed by atoms with Gasteiger partial charge in [0.25, 0.3) is 5.91 Å². The predicted molar refractivity (Wildman–Crippen MR) is 79.0 cm³/mol. The number of aliphatic imine (C=N–C) groups is 1. The molecule has 5 heteroatoms. The van der Waals surface area contributed by atoms with Crippen LogP contribution in [0.3, 0.4) is 0 Å². The lowest BCUT2D eigenvalue weighted by Crippen LogP contribution is -2.24. The molecule has 1 aromatic carbocycles. The second kappa shape index (κ2) is 5.66. The van der Waals surface area contributed by atoms with Gasteiger partial charge in [-0.1, -0.05) is 12.1 Å². The monoisotopic (exact) mass is 282 g/mol. The standard InChI is InChI=1S/C16H14N2O3/c1-2-20-12-6-3-5-11(9-12)10-13-16(19)18-15(17-13)14-7-4-8-21-14/h3-10H,2H2,1H3,(H,17,18,19)/b13-10+. The normalized spacial score (nSPS) is 16.0. The molecule has 1 aliphatic rings. The number of rotatable bonds is 4. The number of carbonyl (C=O) groups is 1. The number of hydrogen-bond acceptors (Lipinski definition) is 4. The molecule has 0 unspecified atom stereocenters. The van der Waals surface area contributed by atoms with Crippen molar-refractivity contribution in [3.8, 4) is 5.75 Å². The number of benzene rings is 1. The minimum atomic E-state index is -0.247. The first-order valence-electron chi connectivity index (χ1n) is 6.65. The van der Waals surface area contributed by atoms with Crippen molar-refractivity contribution in [3.63, 3.8) is 0 Å². The molecule has 1 aliphatic heterocycles. The molecule has 1 aromatic heterocycles. The molecular weight excluding hydrogens is 268 g/mol. The molecule has 0 fully saturated rings. The van der Waals surface area contributed by atoms with Gasteiger partial charge in [0.1, 0.15) is 11.4 Å². The van der Waals surface area contributed by atoms with Crippen LogP contribution in [-0.4, -0.2) is 18.3 Å². The minimum absolute atomic E-state index is 0.247. The van der Waals surface area contributed by atoms with E-state index in [-0.39, 0.29) is 5.91 Å². The van der Waals surface area contributed by atoms with Crippen LogP contribution < -0.4 is 10.1 Å². The third-order valence-electron chi connectivity index (χ3n) is 2.92. The highest BCUT2D eigenvalue weighted by Crippen LogP contribution is 2.19. The van der Waals surface area contributed by atoms with E-state index in [1.54, 1.807) is 18.2 Å². The zero-order valence-corrected chi connectivity index (χ0v) is 11.5. The molecule has 0 saturated carbocycles. The predicted octanol–water partition coefficient (Wildman–Crippen LogP) is 2.60. The van der Waals surface area contributed by atoms with Crippen LogP contribution in [0.1, 0.15) is 18.2 Å². The van der Waals surface area contributed by atoms with Gasteiger partial charge in [-0.3, -0.25) is 4.79 Å². The van der Waals surface area contributed by atoms with E-state index in [0.29, 0.717) is 23.9 Å². The van der Waals surface area contributed by atoms with Crippen LogP contribution in [0.25, 0.3) is 6.08 Å². The van der Waals surface area contributed by atoms with Gasteiger partial charge >= 0.3 is 0 Å². The van der Waals surface area contributed by atoms with Crippen molar-refractivity contribution < 1.29 is 13.9 Å². The van der Waals surface area contributed by atoms with Gasteiger partial charge in [0, 0.05) is 0 Å². The largest absolute Gasteiger partial charge is 0.494 e. The molecule has 3 rings (SSSR count). The number of amides is 1. The first-order chi connectivity index (χ1) is 10.3. The Labute approximate surface area is 121 Å². The SMILES string of the molecule is CCOc1cccc(/C=C2/N=C(c3ccco3)NC2=O)c1. The van der Waals surface area contributed by atoms with Gasteiger partial charge in [0.2, 0.25) is 0 Å². The zero-order chi connectivity index (χ0) is 14.7. The molecule has 2 aromatic rings. The fourth-order valence-corrected chi connectivity index (χ4v) is 2.02. The first kappa shape index (κ1) is 13.2. The van der Waals surface area contributed by atoms with E-state index in [1.807, 2.05) is 31.2 Å². The van der Waals surface area contributed by atoms with Gasteiger partial charge in [-0.2, -0.15) is 0 Å². The van der Waals surface area contributed by atoms with E-state index in [9.17, 15) is 4.79 Å². The highest BCUT2D eigenvalue weighted by atomic mass is 16.5. The summed E-state index contributed by atoms with van der Waals surface area (Å²) in [6, 6.07) is 11.0. The number of nitrogens with zero attached hydrogens (tertiary/aromatic N) is 1. The van der Waals surface area contributed by atoms with Crippen LogP contribution >= 0.6 is 0 Å². The van der Waals surface area contributed by atoms with Crippen LogP contribution in [0, 0.1) is 0 Å². The van der Waals surface area contributed by atoms with Crippen molar-refractivity contribution in [2.24, 2.45) is 4.99 Å². The summed E-state index contributed by atoms with van der Waals surface area (Å²) < 4.78 is 10.7. The third kappa shape index (κ3) is 2.86. The van der Waals surface area contributed by atoms with Gasteiger partial charge in [-0.25, -0.2) is 4.99 Å². The summed E-state index contributed by atoms with van der Waals surface area (Å²) in [5.41, 5.74) is 1.20. The number of carbonyl (C=O) groups excluding carboxylic acids is 1. The topological polar surface area (TPSA) is 63.8 Å². The molecule has 0 saturated heterocycles. The summed E-state index contributed by atoms with van der Waals surface area (Å²) in [5, 5.41) is 2.68. The van der Waals surface area contributed by atoms with Crippen molar-refractivity contribution in [3.05, 3.63) is 59.7 Å². The second-order valence-electron chi connectivity index (χ2n) is 4.43. The van der Waals surface area contributed by atoms with Gasteiger partial charge in [-0.15, -0.1) is 0 Å².